The van der Waals surface area contributed by atoms with Crippen molar-refractivity contribution in [3.8, 4) is 0 Å². The molecule has 3 rings (SSSR count). The molecule has 0 spiro atoms. The minimum atomic E-state index is -0.215. The molecule has 0 unspecified atom stereocenters. The fourth-order valence-electron chi connectivity index (χ4n) is 2.19. The van der Waals surface area contributed by atoms with Crippen LogP contribution < -0.4 is 10.6 Å². The average molecular weight is 336 g/mol. The third-order valence-corrected chi connectivity index (χ3v) is 4.35. The van der Waals surface area contributed by atoms with E-state index in [1.807, 2.05) is 42.6 Å². The van der Waals surface area contributed by atoms with Crippen LogP contribution in [0, 0.1) is 6.92 Å². The van der Waals surface area contributed by atoms with Crippen molar-refractivity contribution in [3.05, 3.63) is 82.0 Å². The van der Waals surface area contributed by atoms with Crippen LogP contribution >= 0.6 is 11.3 Å². The summed E-state index contributed by atoms with van der Waals surface area (Å²) in [6.07, 6.45) is 0. The van der Waals surface area contributed by atoms with Crippen molar-refractivity contribution in [2.75, 3.05) is 10.6 Å². The molecule has 2 amide bonds. The highest BCUT2D eigenvalue weighted by Crippen LogP contribution is 2.23. The number of rotatable bonds is 4. The number of amides is 2. The molecule has 2 aromatic carbocycles. The molecule has 0 fully saturated rings. The van der Waals surface area contributed by atoms with Gasteiger partial charge in [0.1, 0.15) is 0 Å². The van der Waals surface area contributed by atoms with E-state index in [2.05, 4.69) is 10.6 Å². The number of hydrogen-bond acceptors (Lipinski definition) is 3. The standard InChI is InChI=1S/C19H16N2O2S/c1-13-8-10-14(11-9-13)18(22)20-15-5-2-3-6-16(15)21-19(23)17-7-4-12-24-17/h2-12H,1H3,(H,20,22)(H,21,23). The molecule has 0 aliphatic rings. The van der Waals surface area contributed by atoms with Gasteiger partial charge in [0.2, 0.25) is 0 Å². The number of anilines is 2. The van der Waals surface area contributed by atoms with Crippen LogP contribution in [0.2, 0.25) is 0 Å². The maximum atomic E-state index is 12.4. The van der Waals surface area contributed by atoms with Crippen LogP contribution in [-0.4, -0.2) is 11.8 Å². The van der Waals surface area contributed by atoms with Gasteiger partial charge in [-0.3, -0.25) is 9.59 Å². The second kappa shape index (κ2) is 7.10. The molecule has 0 bridgehead atoms. The maximum absolute atomic E-state index is 12.4. The van der Waals surface area contributed by atoms with Crippen molar-refractivity contribution in [2.24, 2.45) is 0 Å². The van der Waals surface area contributed by atoms with Gasteiger partial charge in [0.05, 0.1) is 16.3 Å². The van der Waals surface area contributed by atoms with Gasteiger partial charge in [-0.2, -0.15) is 0 Å². The number of thiophene rings is 1. The molecule has 0 aliphatic heterocycles. The molecule has 24 heavy (non-hydrogen) atoms. The van der Waals surface area contributed by atoms with Crippen molar-refractivity contribution in [1.29, 1.82) is 0 Å². The number of carbonyl (C=O) groups excluding carboxylic acids is 2. The SMILES string of the molecule is Cc1ccc(C(=O)Nc2ccccc2NC(=O)c2cccs2)cc1. The second-order valence-electron chi connectivity index (χ2n) is 5.30. The third-order valence-electron chi connectivity index (χ3n) is 3.48. The minimum Gasteiger partial charge on any atom is -0.320 e. The highest BCUT2D eigenvalue weighted by molar-refractivity contribution is 7.12. The Hall–Kier alpha value is -2.92. The lowest BCUT2D eigenvalue weighted by Crippen LogP contribution is -2.16. The first kappa shape index (κ1) is 16.0. The summed E-state index contributed by atoms with van der Waals surface area (Å²) in [5.74, 6) is -0.408. The highest BCUT2D eigenvalue weighted by atomic mass is 32.1. The van der Waals surface area contributed by atoms with Crippen LogP contribution in [0.25, 0.3) is 0 Å². The summed E-state index contributed by atoms with van der Waals surface area (Å²) in [6.45, 7) is 1.97. The molecule has 120 valence electrons. The summed E-state index contributed by atoms with van der Waals surface area (Å²) < 4.78 is 0. The monoisotopic (exact) mass is 336 g/mol. The fraction of sp³-hybridized carbons (Fsp3) is 0.0526. The lowest BCUT2D eigenvalue weighted by atomic mass is 10.1. The quantitative estimate of drug-likeness (QED) is 0.734. The Morgan fingerprint density at radius 3 is 2.00 bits per heavy atom. The zero-order chi connectivity index (χ0) is 16.9. The van der Waals surface area contributed by atoms with Gasteiger partial charge >= 0.3 is 0 Å². The molecule has 0 aliphatic carbocycles. The molecule has 5 heteroatoms. The van der Waals surface area contributed by atoms with Crippen molar-refractivity contribution in [3.63, 3.8) is 0 Å². The Morgan fingerprint density at radius 1 is 0.792 bits per heavy atom. The molecule has 1 heterocycles. The molecule has 2 N–H and O–H groups in total. The molecule has 0 saturated heterocycles. The Morgan fingerprint density at radius 2 is 1.42 bits per heavy atom. The van der Waals surface area contributed by atoms with E-state index in [0.717, 1.165) is 5.56 Å². The summed E-state index contributed by atoms with van der Waals surface area (Å²) in [5.41, 5.74) is 2.79. The van der Waals surface area contributed by atoms with Crippen molar-refractivity contribution in [2.45, 2.75) is 6.92 Å². The van der Waals surface area contributed by atoms with Gasteiger partial charge in [0.15, 0.2) is 0 Å². The first-order chi connectivity index (χ1) is 11.6. The summed E-state index contributed by atoms with van der Waals surface area (Å²) in [5, 5.41) is 7.53. The first-order valence-electron chi connectivity index (χ1n) is 7.45. The smallest absolute Gasteiger partial charge is 0.265 e. The molecule has 0 radical (unpaired) electrons. The van der Waals surface area contributed by atoms with E-state index in [4.69, 9.17) is 0 Å². The predicted octanol–water partition coefficient (Wildman–Crippen LogP) is 4.56. The molecule has 1 aromatic heterocycles. The van der Waals surface area contributed by atoms with Gasteiger partial charge in [0.25, 0.3) is 11.8 Å². The zero-order valence-corrected chi connectivity index (χ0v) is 13.9. The van der Waals surface area contributed by atoms with Crippen LogP contribution in [0.1, 0.15) is 25.6 Å². The van der Waals surface area contributed by atoms with E-state index >= 15 is 0 Å². The Balaban J connectivity index is 1.77. The number of nitrogens with one attached hydrogen (secondary N) is 2. The Kier molecular flexibility index (Phi) is 4.72. The summed E-state index contributed by atoms with van der Waals surface area (Å²) in [4.78, 5) is 25.2. The number of carbonyl (C=O) groups is 2. The van der Waals surface area contributed by atoms with Crippen LogP contribution in [0.5, 0.6) is 0 Å². The lowest BCUT2D eigenvalue weighted by Gasteiger charge is -2.12. The minimum absolute atomic E-state index is 0.193. The van der Waals surface area contributed by atoms with Crippen LogP contribution in [0.4, 0.5) is 11.4 Å². The highest BCUT2D eigenvalue weighted by Gasteiger charge is 2.12. The third kappa shape index (κ3) is 3.70. The van der Waals surface area contributed by atoms with Gasteiger partial charge in [-0.15, -0.1) is 11.3 Å². The second-order valence-corrected chi connectivity index (χ2v) is 6.24. The van der Waals surface area contributed by atoms with Gasteiger partial charge in [0, 0.05) is 5.56 Å². The average Bonchev–Trinajstić information content (AvgIpc) is 3.12. The van der Waals surface area contributed by atoms with E-state index in [9.17, 15) is 9.59 Å². The number of aryl methyl sites for hydroxylation is 1. The Labute approximate surface area is 144 Å². The van der Waals surface area contributed by atoms with Crippen molar-refractivity contribution >= 4 is 34.5 Å². The van der Waals surface area contributed by atoms with E-state index < -0.39 is 0 Å². The topological polar surface area (TPSA) is 58.2 Å². The predicted molar refractivity (Wildman–Crippen MR) is 97.8 cm³/mol. The van der Waals surface area contributed by atoms with E-state index in [0.29, 0.717) is 21.8 Å². The van der Waals surface area contributed by atoms with Gasteiger partial charge in [-0.05, 0) is 42.6 Å². The number of benzene rings is 2. The first-order valence-corrected chi connectivity index (χ1v) is 8.33. The molecule has 3 aromatic rings. The van der Waals surface area contributed by atoms with E-state index in [-0.39, 0.29) is 11.8 Å². The van der Waals surface area contributed by atoms with Gasteiger partial charge < -0.3 is 10.6 Å². The summed E-state index contributed by atoms with van der Waals surface area (Å²) in [6, 6.07) is 18.1. The Bertz CT molecular complexity index is 855. The lowest BCUT2D eigenvalue weighted by molar-refractivity contribution is 0.101. The fourth-order valence-corrected chi connectivity index (χ4v) is 2.81. The van der Waals surface area contributed by atoms with Crippen molar-refractivity contribution < 1.29 is 9.59 Å². The number of para-hydroxylation sites is 2. The zero-order valence-electron chi connectivity index (χ0n) is 13.1. The molecular weight excluding hydrogens is 320 g/mol. The molecule has 4 nitrogen and oxygen atoms in total. The van der Waals surface area contributed by atoms with Crippen LogP contribution in [0.3, 0.4) is 0 Å². The number of hydrogen-bond donors (Lipinski definition) is 2. The largest absolute Gasteiger partial charge is 0.320 e. The molecule has 0 saturated carbocycles. The van der Waals surface area contributed by atoms with E-state index in [1.54, 1.807) is 30.3 Å². The van der Waals surface area contributed by atoms with Crippen LogP contribution in [-0.2, 0) is 0 Å². The molecular formula is C19H16N2O2S. The van der Waals surface area contributed by atoms with Crippen LogP contribution in [0.15, 0.2) is 66.0 Å². The maximum Gasteiger partial charge on any atom is 0.265 e. The normalized spacial score (nSPS) is 10.2. The van der Waals surface area contributed by atoms with Crippen molar-refractivity contribution in [1.82, 2.24) is 0 Å². The summed E-state index contributed by atoms with van der Waals surface area (Å²) in [7, 11) is 0. The van der Waals surface area contributed by atoms with E-state index in [1.165, 1.54) is 11.3 Å². The van der Waals surface area contributed by atoms with Gasteiger partial charge in [-0.25, -0.2) is 0 Å². The summed E-state index contributed by atoms with van der Waals surface area (Å²) >= 11 is 1.37. The van der Waals surface area contributed by atoms with Gasteiger partial charge in [-0.1, -0.05) is 35.9 Å². The molecule has 0 atom stereocenters.